The van der Waals surface area contributed by atoms with E-state index in [1.54, 1.807) is 50.6 Å². The second-order valence-electron chi connectivity index (χ2n) is 7.13. The smallest absolute Gasteiger partial charge is 0.240 e. The molecular weight excluding hydrogens is 452 g/mol. The van der Waals surface area contributed by atoms with Crippen LogP contribution in [0.2, 0.25) is 0 Å². The van der Waals surface area contributed by atoms with Crippen LogP contribution in [0.1, 0.15) is 44.2 Å². The lowest BCUT2D eigenvalue weighted by atomic mass is 10.2. The van der Waals surface area contributed by atoms with Gasteiger partial charge >= 0.3 is 0 Å². The van der Waals surface area contributed by atoms with Crippen molar-refractivity contribution in [3.63, 3.8) is 0 Å². The van der Waals surface area contributed by atoms with Gasteiger partial charge in [-0.2, -0.15) is 10.2 Å². The summed E-state index contributed by atoms with van der Waals surface area (Å²) in [5.41, 5.74) is 6.38. The Morgan fingerprint density at radius 2 is 1.17 bits per heavy atom. The van der Waals surface area contributed by atoms with Gasteiger partial charge in [0.1, 0.15) is 0 Å². The van der Waals surface area contributed by atoms with E-state index in [1.807, 2.05) is 13.8 Å². The second kappa shape index (κ2) is 14.9. The molecule has 2 aromatic rings. The van der Waals surface area contributed by atoms with E-state index in [2.05, 4.69) is 21.1 Å². The van der Waals surface area contributed by atoms with Crippen LogP contribution in [0, 0.1) is 0 Å². The molecule has 0 heterocycles. The number of hydrogen-bond acceptors (Lipinski definition) is 8. The maximum absolute atomic E-state index is 12.0. The molecule has 0 aliphatic rings. The number of benzene rings is 2. The summed E-state index contributed by atoms with van der Waals surface area (Å²) < 4.78 is 21.5. The number of ether oxygens (including phenoxy) is 4. The second-order valence-corrected chi connectivity index (χ2v) is 7.13. The maximum Gasteiger partial charge on any atom is 0.240 e. The number of hydrazone groups is 2. The third kappa shape index (κ3) is 9.36. The van der Waals surface area contributed by atoms with Crippen molar-refractivity contribution in [2.75, 3.05) is 27.4 Å². The van der Waals surface area contributed by atoms with E-state index < -0.39 is 0 Å². The highest BCUT2D eigenvalue weighted by atomic mass is 16.5. The maximum atomic E-state index is 12.0. The molecule has 0 spiro atoms. The molecule has 0 unspecified atom stereocenters. The average Bonchev–Trinajstić information content (AvgIpc) is 2.86. The summed E-state index contributed by atoms with van der Waals surface area (Å²) in [4.78, 5) is 23.9. The molecule has 0 saturated carbocycles. The highest BCUT2D eigenvalue weighted by molar-refractivity contribution is 5.84. The normalized spacial score (nSPS) is 10.9. The Labute approximate surface area is 205 Å². The molecule has 2 amide bonds. The van der Waals surface area contributed by atoms with Crippen molar-refractivity contribution >= 4 is 24.2 Å². The van der Waals surface area contributed by atoms with Gasteiger partial charge in [0.2, 0.25) is 11.8 Å². The van der Waals surface area contributed by atoms with Gasteiger partial charge in [0.15, 0.2) is 23.0 Å². The third-order valence-corrected chi connectivity index (χ3v) is 4.59. The largest absolute Gasteiger partial charge is 0.493 e. The van der Waals surface area contributed by atoms with Gasteiger partial charge in [0.25, 0.3) is 0 Å². The zero-order valence-corrected chi connectivity index (χ0v) is 20.5. The zero-order chi connectivity index (χ0) is 25.5. The van der Waals surface area contributed by atoms with Crippen LogP contribution in [0.3, 0.4) is 0 Å². The third-order valence-electron chi connectivity index (χ3n) is 4.59. The first-order valence-electron chi connectivity index (χ1n) is 11.3. The fraction of sp³-hybridized carbons (Fsp3) is 0.360. The Kier molecular flexibility index (Phi) is 11.6. The first-order chi connectivity index (χ1) is 17.0. The Bertz CT molecular complexity index is 957. The molecule has 10 nitrogen and oxygen atoms in total. The molecule has 188 valence electrons. The van der Waals surface area contributed by atoms with E-state index >= 15 is 0 Å². The number of nitrogens with zero attached hydrogens (tertiary/aromatic N) is 2. The average molecular weight is 485 g/mol. The molecule has 2 rings (SSSR count). The van der Waals surface area contributed by atoms with Gasteiger partial charge < -0.3 is 18.9 Å². The van der Waals surface area contributed by atoms with Crippen LogP contribution in [-0.4, -0.2) is 51.7 Å². The van der Waals surface area contributed by atoms with E-state index in [0.29, 0.717) is 42.6 Å². The molecule has 0 atom stereocenters. The van der Waals surface area contributed by atoms with Gasteiger partial charge in [-0.05, 0) is 67.8 Å². The van der Waals surface area contributed by atoms with Crippen LogP contribution in [0.5, 0.6) is 23.0 Å². The Morgan fingerprint density at radius 1 is 0.743 bits per heavy atom. The van der Waals surface area contributed by atoms with Gasteiger partial charge in [0, 0.05) is 12.8 Å². The van der Waals surface area contributed by atoms with Gasteiger partial charge in [-0.1, -0.05) is 0 Å². The number of carbonyl (C=O) groups is 2. The molecular formula is C25H32N4O6. The number of carbonyl (C=O) groups excluding carboxylic acids is 2. The molecule has 0 bridgehead atoms. The first kappa shape index (κ1) is 27.2. The summed E-state index contributed by atoms with van der Waals surface area (Å²) in [6.45, 7) is 4.84. The lowest BCUT2D eigenvalue weighted by Crippen LogP contribution is -2.20. The predicted octanol–water partition coefficient (Wildman–Crippen LogP) is 3.27. The molecule has 0 aromatic heterocycles. The number of methoxy groups -OCH3 is 2. The van der Waals surface area contributed by atoms with Crippen molar-refractivity contribution in [3.8, 4) is 23.0 Å². The van der Waals surface area contributed by atoms with Crippen LogP contribution in [-0.2, 0) is 9.59 Å². The van der Waals surface area contributed by atoms with Gasteiger partial charge in [-0.15, -0.1) is 0 Å². The molecule has 0 radical (unpaired) electrons. The molecule has 35 heavy (non-hydrogen) atoms. The standard InChI is InChI=1S/C25H32N4O6/c1-5-34-20-12-10-18(14-22(20)32-3)16-26-28-24(30)8-7-9-25(31)29-27-17-19-11-13-21(35-6-2)23(15-19)33-4/h10-17H,5-9H2,1-4H3,(H,28,30)(H,29,31)/b26-16+,27-17+. The van der Waals surface area contributed by atoms with Crippen molar-refractivity contribution in [1.82, 2.24) is 10.9 Å². The van der Waals surface area contributed by atoms with E-state index in [-0.39, 0.29) is 24.7 Å². The molecule has 0 saturated heterocycles. The quantitative estimate of drug-likeness (QED) is 0.314. The monoisotopic (exact) mass is 484 g/mol. The molecule has 2 aromatic carbocycles. The number of rotatable bonds is 14. The Morgan fingerprint density at radius 3 is 1.54 bits per heavy atom. The zero-order valence-electron chi connectivity index (χ0n) is 20.5. The van der Waals surface area contributed by atoms with Crippen molar-refractivity contribution < 1.29 is 28.5 Å². The highest BCUT2D eigenvalue weighted by Gasteiger charge is 2.07. The number of amides is 2. The van der Waals surface area contributed by atoms with E-state index in [9.17, 15) is 9.59 Å². The molecule has 0 aliphatic carbocycles. The lowest BCUT2D eigenvalue weighted by Gasteiger charge is -2.09. The van der Waals surface area contributed by atoms with Crippen molar-refractivity contribution in [3.05, 3.63) is 47.5 Å². The molecule has 0 fully saturated rings. The number of nitrogens with one attached hydrogen (secondary N) is 2. The lowest BCUT2D eigenvalue weighted by molar-refractivity contribution is -0.122. The Hall–Kier alpha value is -4.08. The minimum atomic E-state index is -0.295. The van der Waals surface area contributed by atoms with E-state index in [0.717, 1.165) is 11.1 Å². The summed E-state index contributed by atoms with van der Waals surface area (Å²) in [5.74, 6) is 1.85. The molecule has 0 aliphatic heterocycles. The van der Waals surface area contributed by atoms with Gasteiger partial charge in [-0.3, -0.25) is 9.59 Å². The predicted molar refractivity (Wildman–Crippen MR) is 134 cm³/mol. The van der Waals surface area contributed by atoms with Crippen molar-refractivity contribution in [2.45, 2.75) is 33.1 Å². The van der Waals surface area contributed by atoms with Gasteiger partial charge in [0.05, 0.1) is 39.9 Å². The summed E-state index contributed by atoms with van der Waals surface area (Å²) in [6, 6.07) is 10.7. The van der Waals surface area contributed by atoms with Crippen molar-refractivity contribution in [2.24, 2.45) is 10.2 Å². The van der Waals surface area contributed by atoms with Crippen LogP contribution in [0.25, 0.3) is 0 Å². The van der Waals surface area contributed by atoms with E-state index in [4.69, 9.17) is 18.9 Å². The van der Waals surface area contributed by atoms with Crippen LogP contribution < -0.4 is 29.8 Å². The summed E-state index contributed by atoms with van der Waals surface area (Å²) >= 11 is 0. The fourth-order valence-corrected chi connectivity index (χ4v) is 2.96. The van der Waals surface area contributed by atoms with Crippen LogP contribution in [0.4, 0.5) is 0 Å². The topological polar surface area (TPSA) is 120 Å². The molecule has 10 heteroatoms. The molecule has 2 N–H and O–H groups in total. The summed E-state index contributed by atoms with van der Waals surface area (Å²) in [6.07, 6.45) is 3.67. The van der Waals surface area contributed by atoms with Crippen molar-refractivity contribution in [1.29, 1.82) is 0 Å². The minimum absolute atomic E-state index is 0.150. The van der Waals surface area contributed by atoms with Crippen LogP contribution >= 0.6 is 0 Å². The van der Waals surface area contributed by atoms with Crippen LogP contribution in [0.15, 0.2) is 46.6 Å². The summed E-state index contributed by atoms with van der Waals surface area (Å²) in [7, 11) is 3.11. The highest BCUT2D eigenvalue weighted by Crippen LogP contribution is 2.28. The SMILES string of the molecule is CCOc1ccc(/C=N/NC(=O)CCCC(=O)N/N=C/c2ccc(OCC)c(OC)c2)cc1OC. The summed E-state index contributed by atoms with van der Waals surface area (Å²) in [5, 5.41) is 7.88. The number of hydrogen-bond donors (Lipinski definition) is 2. The first-order valence-corrected chi connectivity index (χ1v) is 11.3. The van der Waals surface area contributed by atoms with Gasteiger partial charge in [-0.25, -0.2) is 10.9 Å². The Balaban J connectivity index is 1.72. The van der Waals surface area contributed by atoms with E-state index in [1.165, 1.54) is 12.4 Å². The fourth-order valence-electron chi connectivity index (χ4n) is 2.96. The minimum Gasteiger partial charge on any atom is -0.493 e.